The molecule has 0 fully saturated rings. The number of fused-ring (bicyclic) bond motifs is 1. The molecule has 5 nitrogen and oxygen atoms in total. The molecule has 0 N–H and O–H groups in total. The predicted octanol–water partition coefficient (Wildman–Crippen LogP) is 2.91. The Balaban J connectivity index is 1.93. The molecule has 0 saturated carbocycles. The van der Waals surface area contributed by atoms with Gasteiger partial charge in [0.1, 0.15) is 17.4 Å². The first kappa shape index (κ1) is 15.2. The molecule has 1 aromatic heterocycles. The predicted molar refractivity (Wildman–Crippen MR) is 86.7 cm³/mol. The summed E-state index contributed by atoms with van der Waals surface area (Å²) in [5, 5.41) is 0. The van der Waals surface area contributed by atoms with E-state index in [1.165, 1.54) is 15.6 Å². The van der Waals surface area contributed by atoms with Gasteiger partial charge in [-0.05, 0) is 30.7 Å². The third-order valence-corrected chi connectivity index (χ3v) is 6.97. The Morgan fingerprint density at radius 2 is 1.86 bits per heavy atom. The van der Waals surface area contributed by atoms with E-state index in [1.807, 2.05) is 13.0 Å². The topological polar surface area (TPSA) is 55.8 Å². The molecule has 22 heavy (non-hydrogen) atoms. The number of hydrogen-bond acceptors (Lipinski definition) is 5. The van der Waals surface area contributed by atoms with Crippen molar-refractivity contribution in [1.29, 1.82) is 0 Å². The second-order valence-electron chi connectivity index (χ2n) is 4.87. The van der Waals surface area contributed by atoms with Crippen LogP contribution in [-0.4, -0.2) is 28.7 Å². The van der Waals surface area contributed by atoms with Crippen LogP contribution in [0.15, 0.2) is 34.5 Å². The molecule has 1 aliphatic rings. The van der Waals surface area contributed by atoms with Crippen LogP contribution in [0.1, 0.15) is 11.8 Å². The number of benzene rings is 1. The number of thiophene rings is 1. The van der Waals surface area contributed by atoms with E-state index in [0.717, 1.165) is 11.3 Å². The molecule has 0 atom stereocenters. The van der Waals surface area contributed by atoms with Crippen molar-refractivity contribution in [3.8, 4) is 11.5 Å². The van der Waals surface area contributed by atoms with Gasteiger partial charge in [0.05, 0.1) is 5.69 Å². The lowest BCUT2D eigenvalue weighted by Crippen LogP contribution is -2.26. The first-order valence-corrected chi connectivity index (χ1v) is 9.25. The fourth-order valence-corrected chi connectivity index (χ4v) is 4.84. The Kier molecular flexibility index (Phi) is 4.01. The van der Waals surface area contributed by atoms with E-state index in [1.54, 1.807) is 31.3 Å². The molecule has 0 amide bonds. The van der Waals surface area contributed by atoms with Gasteiger partial charge in [-0.2, -0.15) is 0 Å². The van der Waals surface area contributed by atoms with Crippen molar-refractivity contribution < 1.29 is 17.9 Å². The van der Waals surface area contributed by atoms with Crippen molar-refractivity contribution >= 4 is 27.0 Å². The van der Waals surface area contributed by atoms with E-state index in [0.29, 0.717) is 34.6 Å². The second kappa shape index (κ2) is 5.81. The van der Waals surface area contributed by atoms with Crippen LogP contribution in [0.4, 0.5) is 5.69 Å². The zero-order chi connectivity index (χ0) is 15.7. The number of ether oxygens (including phenoxy) is 2. The summed E-state index contributed by atoms with van der Waals surface area (Å²) in [4.78, 5) is 1.05. The number of anilines is 1. The van der Waals surface area contributed by atoms with Gasteiger partial charge in [-0.15, -0.1) is 11.3 Å². The largest absolute Gasteiger partial charge is 0.486 e. The number of rotatable bonds is 4. The van der Waals surface area contributed by atoms with Gasteiger partial charge in [0.15, 0.2) is 11.5 Å². The lowest BCUT2D eigenvalue weighted by molar-refractivity contribution is 0.171. The molecular formula is C15H17NO4S2. The maximum atomic E-state index is 12.7. The Morgan fingerprint density at radius 3 is 2.55 bits per heavy atom. The molecule has 1 aliphatic heterocycles. The minimum Gasteiger partial charge on any atom is -0.486 e. The lowest BCUT2D eigenvalue weighted by atomic mass is 10.2. The summed E-state index contributed by atoms with van der Waals surface area (Å²) in [6, 6.07) is 8.67. The molecule has 0 aliphatic carbocycles. The minimum absolute atomic E-state index is 0.349. The second-order valence-corrected chi connectivity index (χ2v) is 8.24. The molecule has 0 radical (unpaired) electrons. The smallest absolute Gasteiger partial charge is 0.273 e. The molecule has 2 heterocycles. The highest BCUT2D eigenvalue weighted by molar-refractivity contribution is 7.94. The van der Waals surface area contributed by atoms with Gasteiger partial charge in [-0.1, -0.05) is 6.92 Å². The third-order valence-electron chi connectivity index (χ3n) is 3.49. The van der Waals surface area contributed by atoms with Crippen molar-refractivity contribution in [2.75, 3.05) is 24.6 Å². The summed E-state index contributed by atoms with van der Waals surface area (Å²) in [6.45, 7) is 2.99. The highest BCUT2D eigenvalue weighted by Gasteiger charge is 2.24. The van der Waals surface area contributed by atoms with Crippen molar-refractivity contribution in [2.45, 2.75) is 17.6 Å². The molecule has 0 saturated heterocycles. The van der Waals surface area contributed by atoms with E-state index in [-0.39, 0.29) is 0 Å². The normalized spacial score (nSPS) is 13.9. The SMILES string of the molecule is CCc1ccc(S(=O)(=O)N(C)c2ccc3c(c2)OCCO3)s1. The molecule has 1 aromatic carbocycles. The van der Waals surface area contributed by atoms with Crippen LogP contribution in [0.2, 0.25) is 0 Å². The van der Waals surface area contributed by atoms with Crippen LogP contribution in [0.25, 0.3) is 0 Å². The summed E-state index contributed by atoms with van der Waals surface area (Å²) in [5.41, 5.74) is 0.552. The monoisotopic (exact) mass is 339 g/mol. The summed E-state index contributed by atoms with van der Waals surface area (Å²) < 4.78 is 38.0. The molecule has 0 spiro atoms. The number of hydrogen-bond donors (Lipinski definition) is 0. The van der Waals surface area contributed by atoms with Gasteiger partial charge < -0.3 is 9.47 Å². The molecule has 7 heteroatoms. The Bertz CT molecular complexity index is 783. The number of aryl methyl sites for hydroxylation is 1. The van der Waals surface area contributed by atoms with Gasteiger partial charge in [0, 0.05) is 18.0 Å². The van der Waals surface area contributed by atoms with Crippen LogP contribution in [0.3, 0.4) is 0 Å². The summed E-state index contributed by atoms with van der Waals surface area (Å²) in [7, 11) is -2.00. The van der Waals surface area contributed by atoms with Crippen LogP contribution in [-0.2, 0) is 16.4 Å². The fourth-order valence-electron chi connectivity index (χ4n) is 2.19. The molecule has 3 rings (SSSR count). The van der Waals surface area contributed by atoms with Gasteiger partial charge in [0.2, 0.25) is 0 Å². The maximum absolute atomic E-state index is 12.7. The summed E-state index contributed by atoms with van der Waals surface area (Å²) >= 11 is 1.31. The average molecular weight is 339 g/mol. The quantitative estimate of drug-likeness (QED) is 0.859. The van der Waals surface area contributed by atoms with Gasteiger partial charge >= 0.3 is 0 Å². The lowest BCUT2D eigenvalue weighted by Gasteiger charge is -2.22. The maximum Gasteiger partial charge on any atom is 0.273 e. The van der Waals surface area contributed by atoms with Crippen LogP contribution in [0.5, 0.6) is 11.5 Å². The van der Waals surface area contributed by atoms with Gasteiger partial charge in [-0.3, -0.25) is 4.31 Å². The summed E-state index contributed by atoms with van der Waals surface area (Å²) in [5.74, 6) is 1.22. The van der Waals surface area contributed by atoms with Crippen LogP contribution >= 0.6 is 11.3 Å². The van der Waals surface area contributed by atoms with E-state index < -0.39 is 10.0 Å². The minimum atomic E-state index is -3.55. The molecule has 2 aromatic rings. The van der Waals surface area contributed by atoms with E-state index in [9.17, 15) is 8.42 Å². The van der Waals surface area contributed by atoms with Crippen LogP contribution < -0.4 is 13.8 Å². The number of sulfonamides is 1. The van der Waals surface area contributed by atoms with Crippen molar-refractivity contribution in [2.24, 2.45) is 0 Å². The highest BCUT2D eigenvalue weighted by atomic mass is 32.2. The average Bonchev–Trinajstić information content (AvgIpc) is 3.03. The third kappa shape index (κ3) is 2.66. The molecule has 0 bridgehead atoms. The van der Waals surface area contributed by atoms with Crippen molar-refractivity contribution in [3.63, 3.8) is 0 Å². The van der Waals surface area contributed by atoms with E-state index in [2.05, 4.69) is 0 Å². The van der Waals surface area contributed by atoms with Crippen molar-refractivity contribution in [3.05, 3.63) is 35.2 Å². The Hall–Kier alpha value is -1.73. The summed E-state index contributed by atoms with van der Waals surface area (Å²) in [6.07, 6.45) is 0.827. The molecule has 118 valence electrons. The Morgan fingerprint density at radius 1 is 1.14 bits per heavy atom. The van der Waals surface area contributed by atoms with Gasteiger partial charge in [-0.25, -0.2) is 8.42 Å². The zero-order valence-electron chi connectivity index (χ0n) is 12.4. The number of nitrogens with zero attached hydrogens (tertiary/aromatic N) is 1. The molecular weight excluding hydrogens is 322 g/mol. The zero-order valence-corrected chi connectivity index (χ0v) is 14.0. The Labute approximate surface area is 134 Å². The van der Waals surface area contributed by atoms with Gasteiger partial charge in [0.25, 0.3) is 10.0 Å². The van der Waals surface area contributed by atoms with Crippen molar-refractivity contribution in [1.82, 2.24) is 0 Å². The first-order valence-electron chi connectivity index (χ1n) is 6.99. The van der Waals surface area contributed by atoms with Crippen LogP contribution in [0, 0.1) is 0 Å². The van der Waals surface area contributed by atoms with E-state index >= 15 is 0 Å². The molecule has 0 unspecified atom stereocenters. The highest BCUT2D eigenvalue weighted by Crippen LogP contribution is 2.35. The fraction of sp³-hybridized carbons (Fsp3) is 0.333. The van der Waals surface area contributed by atoms with E-state index in [4.69, 9.17) is 9.47 Å². The first-order chi connectivity index (χ1) is 10.5. The standard InChI is InChI=1S/C15H17NO4S2/c1-3-12-5-7-15(21-12)22(17,18)16(2)11-4-6-13-14(10-11)20-9-8-19-13/h4-7,10H,3,8-9H2,1-2H3.